The normalized spacial score (nSPS) is 16.6. The molecule has 3 nitrogen and oxygen atoms in total. The zero-order valence-corrected chi connectivity index (χ0v) is 13.4. The largest absolute Gasteiger partial charge is 0.416 e. The van der Waals surface area contributed by atoms with Gasteiger partial charge in [0.2, 0.25) is 0 Å². The molecule has 2 atom stereocenters. The van der Waals surface area contributed by atoms with Gasteiger partial charge in [-0.15, -0.1) is 0 Å². The minimum Gasteiger partial charge on any atom is -0.416 e. The minimum atomic E-state index is -1.69. The highest BCUT2D eigenvalue weighted by molar-refractivity contribution is 6.74. The number of methoxy groups -OCH3 is 1. The molecule has 102 valence electrons. The highest BCUT2D eigenvalue weighted by Crippen LogP contribution is 2.36. The summed E-state index contributed by atoms with van der Waals surface area (Å²) in [6, 6.07) is 0. The molecule has 0 fully saturated rings. The summed E-state index contributed by atoms with van der Waals surface area (Å²) in [4.78, 5) is 10.5. The molecule has 0 rings (SSSR count). The van der Waals surface area contributed by atoms with Gasteiger partial charge in [0.05, 0.1) is 6.10 Å². The van der Waals surface area contributed by atoms with E-state index in [1.54, 1.807) is 7.11 Å². The van der Waals surface area contributed by atoms with Gasteiger partial charge in [-0.2, -0.15) is 0 Å². The second-order valence-electron chi connectivity index (χ2n) is 6.23. The maximum absolute atomic E-state index is 10.5. The maximum atomic E-state index is 10.5. The van der Waals surface area contributed by atoms with Crippen LogP contribution in [0, 0.1) is 5.92 Å². The summed E-state index contributed by atoms with van der Waals surface area (Å²) < 4.78 is 11.4. The van der Waals surface area contributed by atoms with Crippen molar-refractivity contribution in [1.29, 1.82) is 0 Å². The van der Waals surface area contributed by atoms with Crippen molar-refractivity contribution in [2.75, 3.05) is 13.7 Å². The van der Waals surface area contributed by atoms with Gasteiger partial charge in [-0.3, -0.25) is 0 Å². The summed E-state index contributed by atoms with van der Waals surface area (Å²) in [6.45, 7) is 13.9. The Labute approximate surface area is 107 Å². The van der Waals surface area contributed by atoms with Gasteiger partial charge >= 0.3 is 0 Å². The molecule has 0 heterocycles. The maximum Gasteiger partial charge on any atom is 0.191 e. The minimum absolute atomic E-state index is 0.0303. The van der Waals surface area contributed by atoms with Crippen LogP contribution in [-0.2, 0) is 14.0 Å². The van der Waals surface area contributed by atoms with Gasteiger partial charge < -0.3 is 14.0 Å². The van der Waals surface area contributed by atoms with Crippen molar-refractivity contribution in [3.8, 4) is 0 Å². The average molecular weight is 260 g/mol. The third-order valence-electron chi connectivity index (χ3n) is 3.78. The van der Waals surface area contributed by atoms with Crippen molar-refractivity contribution in [3.05, 3.63) is 0 Å². The smallest absolute Gasteiger partial charge is 0.191 e. The quantitative estimate of drug-likeness (QED) is 0.521. The second-order valence-corrected chi connectivity index (χ2v) is 11.0. The first-order valence-electron chi connectivity index (χ1n) is 6.26. The van der Waals surface area contributed by atoms with Gasteiger partial charge in [0.15, 0.2) is 8.32 Å². The lowest BCUT2D eigenvalue weighted by molar-refractivity contribution is -0.111. The number of rotatable bonds is 7. The number of hydrogen-bond acceptors (Lipinski definition) is 3. The predicted molar refractivity (Wildman–Crippen MR) is 73.8 cm³/mol. The van der Waals surface area contributed by atoms with Crippen molar-refractivity contribution >= 4 is 14.6 Å². The van der Waals surface area contributed by atoms with Crippen LogP contribution in [0.3, 0.4) is 0 Å². The van der Waals surface area contributed by atoms with E-state index in [9.17, 15) is 4.79 Å². The highest BCUT2D eigenvalue weighted by atomic mass is 28.4. The van der Waals surface area contributed by atoms with Crippen molar-refractivity contribution < 1.29 is 14.0 Å². The molecule has 0 amide bonds. The fraction of sp³-hybridized carbons (Fsp3) is 0.923. The summed E-state index contributed by atoms with van der Waals surface area (Å²) in [5.74, 6) is 0.249. The summed E-state index contributed by atoms with van der Waals surface area (Å²) >= 11 is 0. The van der Waals surface area contributed by atoms with Gasteiger partial charge in [-0.05, 0) is 18.1 Å². The molecule has 4 heteroatoms. The lowest BCUT2D eigenvalue weighted by Gasteiger charge is -2.37. The van der Waals surface area contributed by atoms with Crippen molar-refractivity contribution in [2.45, 2.75) is 58.4 Å². The van der Waals surface area contributed by atoms with E-state index in [0.29, 0.717) is 13.0 Å². The van der Waals surface area contributed by atoms with Crippen LogP contribution in [0.25, 0.3) is 0 Å². The second kappa shape index (κ2) is 6.66. The molecular formula is C13H28O3Si. The molecule has 0 aliphatic carbocycles. The van der Waals surface area contributed by atoms with E-state index in [-0.39, 0.29) is 17.1 Å². The van der Waals surface area contributed by atoms with Crippen LogP contribution in [0.4, 0.5) is 0 Å². The van der Waals surface area contributed by atoms with Crippen molar-refractivity contribution in [1.82, 2.24) is 0 Å². The molecule has 0 bridgehead atoms. The molecule has 0 aromatic rings. The Morgan fingerprint density at radius 3 is 2.18 bits per heavy atom. The molecule has 0 saturated heterocycles. The number of ether oxygens (including phenoxy) is 1. The van der Waals surface area contributed by atoms with Gasteiger partial charge in [-0.25, -0.2) is 0 Å². The third kappa shape index (κ3) is 5.32. The van der Waals surface area contributed by atoms with Gasteiger partial charge in [-0.1, -0.05) is 27.7 Å². The number of carbonyl (C=O) groups excluding carboxylic acids is 1. The monoisotopic (exact) mass is 260 g/mol. The Bertz CT molecular complexity index is 233. The summed E-state index contributed by atoms with van der Waals surface area (Å²) in [6.07, 6.45) is 1.33. The fourth-order valence-corrected chi connectivity index (χ4v) is 2.43. The van der Waals surface area contributed by atoms with E-state index >= 15 is 0 Å². The van der Waals surface area contributed by atoms with Gasteiger partial charge in [0, 0.05) is 26.1 Å². The van der Waals surface area contributed by atoms with E-state index < -0.39 is 8.32 Å². The lowest BCUT2D eigenvalue weighted by atomic mass is 10.0. The lowest BCUT2D eigenvalue weighted by Crippen LogP contribution is -2.42. The van der Waals surface area contributed by atoms with Crippen LogP contribution in [-0.4, -0.2) is 34.4 Å². The molecule has 0 aromatic carbocycles. The Hall–Kier alpha value is -0.193. The first-order chi connectivity index (χ1) is 7.65. The Morgan fingerprint density at radius 2 is 1.82 bits per heavy atom. The van der Waals surface area contributed by atoms with Crippen LogP contribution in [0.1, 0.15) is 34.1 Å². The Balaban J connectivity index is 4.31. The predicted octanol–water partition coefficient (Wildman–Crippen LogP) is 3.25. The number of hydrogen-bond donors (Lipinski definition) is 0. The van der Waals surface area contributed by atoms with E-state index in [0.717, 1.165) is 6.29 Å². The molecule has 0 spiro atoms. The summed E-state index contributed by atoms with van der Waals surface area (Å²) in [5.41, 5.74) is 0. The topological polar surface area (TPSA) is 35.5 Å². The fourth-order valence-electron chi connectivity index (χ4n) is 1.32. The molecule has 0 N–H and O–H groups in total. The molecule has 0 radical (unpaired) electrons. The first kappa shape index (κ1) is 16.8. The van der Waals surface area contributed by atoms with Crippen LogP contribution in [0.2, 0.25) is 18.1 Å². The van der Waals surface area contributed by atoms with Crippen LogP contribution < -0.4 is 0 Å². The first-order valence-corrected chi connectivity index (χ1v) is 9.17. The standard InChI is InChI=1S/C13H28O3Si/c1-11(12(15-5)8-9-14)10-16-17(6,7)13(2,3)4/h9,11-12H,8,10H2,1-7H3/t11-,12-/m0/s1. The molecule has 0 aliphatic heterocycles. The molecule has 0 aliphatic rings. The molecule has 0 saturated carbocycles. The van der Waals surface area contributed by atoms with E-state index in [4.69, 9.17) is 9.16 Å². The third-order valence-corrected chi connectivity index (χ3v) is 8.28. The van der Waals surface area contributed by atoms with E-state index in [2.05, 4.69) is 40.8 Å². The number of aldehydes is 1. The van der Waals surface area contributed by atoms with Crippen LogP contribution in [0.15, 0.2) is 0 Å². The Kier molecular flexibility index (Phi) is 6.59. The summed E-state index contributed by atoms with van der Waals surface area (Å²) in [5, 5.41) is 0.222. The average Bonchev–Trinajstić information content (AvgIpc) is 2.21. The zero-order chi connectivity index (χ0) is 13.7. The highest BCUT2D eigenvalue weighted by Gasteiger charge is 2.37. The van der Waals surface area contributed by atoms with Crippen molar-refractivity contribution in [3.63, 3.8) is 0 Å². The molecule has 0 unspecified atom stereocenters. The Morgan fingerprint density at radius 1 is 1.29 bits per heavy atom. The SMILES string of the molecule is CO[C@@H](CC=O)[C@@H](C)CO[Si](C)(C)C(C)(C)C. The summed E-state index contributed by atoms with van der Waals surface area (Å²) in [7, 11) is -0.0433. The van der Waals surface area contributed by atoms with Gasteiger partial charge in [0.25, 0.3) is 0 Å². The van der Waals surface area contributed by atoms with Gasteiger partial charge in [0.1, 0.15) is 6.29 Å². The van der Waals surface area contributed by atoms with Crippen molar-refractivity contribution in [2.24, 2.45) is 5.92 Å². The number of carbonyl (C=O) groups is 1. The molecule has 0 aromatic heterocycles. The molecule has 17 heavy (non-hydrogen) atoms. The molecular weight excluding hydrogens is 232 g/mol. The van der Waals surface area contributed by atoms with E-state index in [1.807, 2.05) is 0 Å². The zero-order valence-electron chi connectivity index (χ0n) is 12.4. The van der Waals surface area contributed by atoms with E-state index in [1.165, 1.54) is 0 Å². The van der Waals surface area contributed by atoms with Crippen LogP contribution in [0.5, 0.6) is 0 Å². The van der Waals surface area contributed by atoms with Crippen LogP contribution >= 0.6 is 0 Å².